The Hall–Kier alpha value is -8.55. The molecule has 70 heavy (non-hydrogen) atoms. The van der Waals surface area contributed by atoms with Gasteiger partial charge in [0, 0.05) is 32.9 Å². The number of aromatic nitrogens is 2. The van der Waals surface area contributed by atoms with E-state index in [9.17, 15) is 0 Å². The van der Waals surface area contributed by atoms with Crippen LogP contribution in [0.3, 0.4) is 0 Å². The molecular weight excluding hydrogens is 877 g/mol. The predicted octanol–water partition coefficient (Wildman–Crippen LogP) is 10.6. The zero-order valence-corrected chi connectivity index (χ0v) is 40.6. The lowest BCUT2D eigenvalue weighted by atomic mass is 10.1. The molecule has 0 spiro atoms. The summed E-state index contributed by atoms with van der Waals surface area (Å²) in [5.41, 5.74) is 7.03. The Bertz CT molecular complexity index is 3770. The highest BCUT2D eigenvalue weighted by atomic mass is 28.3. The summed E-state index contributed by atoms with van der Waals surface area (Å²) in [5.74, 6) is 0. The van der Waals surface area contributed by atoms with Gasteiger partial charge in [-0.15, -0.1) is 0 Å². The van der Waals surface area contributed by atoms with Crippen molar-refractivity contribution < 1.29 is 0 Å². The molecule has 0 fully saturated rings. The number of hydrogen-bond donors (Lipinski definition) is 0. The van der Waals surface area contributed by atoms with Gasteiger partial charge in [-0.3, -0.25) is 0 Å². The van der Waals surface area contributed by atoms with Gasteiger partial charge in [0.2, 0.25) is 0 Å². The molecule has 0 amide bonds. The molecule has 0 N–H and O–H groups in total. The van der Waals surface area contributed by atoms with E-state index >= 15 is 0 Å². The van der Waals surface area contributed by atoms with E-state index in [-0.39, 0.29) is 0 Å². The fourth-order valence-electron chi connectivity index (χ4n) is 11.9. The van der Waals surface area contributed by atoms with Gasteiger partial charge < -0.3 is 9.13 Å². The predicted molar refractivity (Wildman–Crippen MR) is 302 cm³/mol. The van der Waals surface area contributed by atoms with Gasteiger partial charge in [-0.25, -0.2) is 0 Å². The van der Waals surface area contributed by atoms with Crippen LogP contribution in [-0.4, -0.2) is 25.3 Å². The van der Waals surface area contributed by atoms with Crippen molar-refractivity contribution >= 4 is 101 Å². The molecule has 13 rings (SSSR count). The second-order valence-corrected chi connectivity index (χ2v) is 25.9. The van der Waals surface area contributed by atoms with Crippen LogP contribution in [0, 0.1) is 0 Å². The van der Waals surface area contributed by atoms with Crippen molar-refractivity contribution in [2.24, 2.45) is 0 Å². The minimum absolute atomic E-state index is 1.13. The van der Waals surface area contributed by atoms with E-state index in [1.165, 1.54) is 85.1 Å². The summed E-state index contributed by atoms with van der Waals surface area (Å²) in [7, 11) is -5.59. The number of nitrogens with zero attached hydrogens (tertiary/aromatic N) is 2. The highest BCUT2D eigenvalue weighted by Gasteiger charge is 2.44. The first-order chi connectivity index (χ1) is 34.8. The van der Waals surface area contributed by atoms with Crippen molar-refractivity contribution in [1.29, 1.82) is 0 Å². The highest BCUT2D eigenvalue weighted by molar-refractivity contribution is 7.21. The molecule has 0 aliphatic carbocycles. The minimum atomic E-state index is -2.89. The summed E-state index contributed by atoms with van der Waals surface area (Å²) < 4.78 is 4.99. The van der Waals surface area contributed by atoms with E-state index in [1.54, 1.807) is 0 Å². The molecule has 0 bridgehead atoms. The van der Waals surface area contributed by atoms with Gasteiger partial charge in [-0.1, -0.05) is 249 Å². The van der Waals surface area contributed by atoms with Gasteiger partial charge in [-0.2, -0.15) is 0 Å². The number of benzene rings is 11. The number of para-hydroxylation sites is 2. The third-order valence-electron chi connectivity index (χ3n) is 14.8. The van der Waals surface area contributed by atoms with Crippen LogP contribution in [0.1, 0.15) is 0 Å². The van der Waals surface area contributed by atoms with Crippen molar-refractivity contribution in [3.63, 3.8) is 0 Å². The second kappa shape index (κ2) is 17.2. The number of hydrogen-bond acceptors (Lipinski definition) is 0. The average molecular weight is 925 g/mol. The minimum Gasteiger partial charge on any atom is -0.309 e. The van der Waals surface area contributed by atoms with Crippen LogP contribution in [0.25, 0.3) is 55.0 Å². The lowest BCUT2D eigenvalue weighted by Crippen LogP contribution is -2.74. The fourth-order valence-corrected chi connectivity index (χ4v) is 21.7. The molecule has 0 radical (unpaired) electrons. The van der Waals surface area contributed by atoms with Gasteiger partial charge in [0.15, 0.2) is 16.1 Å². The maximum atomic E-state index is 2.51. The normalized spacial score (nSPS) is 12.0. The van der Waals surface area contributed by atoms with Crippen molar-refractivity contribution in [3.05, 3.63) is 291 Å². The van der Waals surface area contributed by atoms with E-state index in [0.29, 0.717) is 0 Å². The highest BCUT2D eigenvalue weighted by Crippen LogP contribution is 2.37. The van der Waals surface area contributed by atoms with Crippen molar-refractivity contribution in [2.45, 2.75) is 0 Å². The Labute approximate surface area is 410 Å². The van der Waals surface area contributed by atoms with Crippen LogP contribution in [0.4, 0.5) is 0 Å². The smallest absolute Gasteiger partial charge is 0.180 e. The van der Waals surface area contributed by atoms with Gasteiger partial charge in [0.05, 0.1) is 22.1 Å². The maximum Gasteiger partial charge on any atom is 0.180 e. The molecule has 2 heterocycles. The van der Waals surface area contributed by atoms with Gasteiger partial charge in [0.1, 0.15) is 0 Å². The van der Waals surface area contributed by atoms with E-state index in [0.717, 1.165) is 11.4 Å². The molecular formula is C66H48N2Si2. The SMILES string of the molecule is c1ccc([Si](c2ccccc2)(c2ccccc2)c2ccc(-n3c4ccccc4c4ccc(-n5c6ccccc6c6c([Si](c7ccccc7)(c7ccccc7)c7ccccc7)cccc65)cc43)cc2)cc1. The summed E-state index contributed by atoms with van der Waals surface area (Å²) in [4.78, 5) is 0. The Morgan fingerprint density at radius 2 is 0.557 bits per heavy atom. The molecule has 330 valence electrons. The first-order valence-electron chi connectivity index (χ1n) is 24.3. The quantitative estimate of drug-likeness (QED) is 0.0956. The van der Waals surface area contributed by atoms with Crippen LogP contribution >= 0.6 is 0 Å². The lowest BCUT2D eigenvalue weighted by Gasteiger charge is -2.35. The van der Waals surface area contributed by atoms with Crippen molar-refractivity contribution in [1.82, 2.24) is 9.13 Å². The summed E-state index contributed by atoms with van der Waals surface area (Å²) in [5, 5.41) is 16.0. The summed E-state index contributed by atoms with van der Waals surface area (Å²) in [6.45, 7) is 0. The molecule has 13 aromatic rings. The summed E-state index contributed by atoms with van der Waals surface area (Å²) in [6, 6.07) is 109. The van der Waals surface area contributed by atoms with E-state index < -0.39 is 16.1 Å². The molecule has 4 heteroatoms. The summed E-state index contributed by atoms with van der Waals surface area (Å²) in [6.07, 6.45) is 0. The lowest BCUT2D eigenvalue weighted by molar-refractivity contribution is 1.16. The summed E-state index contributed by atoms with van der Waals surface area (Å²) >= 11 is 0. The van der Waals surface area contributed by atoms with Crippen LogP contribution in [0.5, 0.6) is 0 Å². The van der Waals surface area contributed by atoms with Gasteiger partial charge in [-0.05, 0) is 84.0 Å². The molecule has 0 aliphatic rings. The molecule has 11 aromatic carbocycles. The maximum absolute atomic E-state index is 2.89. The number of fused-ring (bicyclic) bond motifs is 6. The van der Waals surface area contributed by atoms with Crippen LogP contribution < -0.4 is 41.5 Å². The molecule has 0 unspecified atom stereocenters. The monoisotopic (exact) mass is 924 g/mol. The van der Waals surface area contributed by atoms with E-state index in [2.05, 4.69) is 300 Å². The zero-order valence-electron chi connectivity index (χ0n) is 38.6. The largest absolute Gasteiger partial charge is 0.309 e. The van der Waals surface area contributed by atoms with E-state index in [1.807, 2.05) is 0 Å². The molecule has 0 saturated carbocycles. The Kier molecular flexibility index (Phi) is 10.2. The van der Waals surface area contributed by atoms with Crippen LogP contribution in [-0.2, 0) is 0 Å². The van der Waals surface area contributed by atoms with Gasteiger partial charge in [0.25, 0.3) is 0 Å². The van der Waals surface area contributed by atoms with Crippen LogP contribution in [0.15, 0.2) is 291 Å². The molecule has 0 aliphatic heterocycles. The molecule has 0 atom stereocenters. The van der Waals surface area contributed by atoms with E-state index in [4.69, 9.17) is 0 Å². The standard InChI is InChI=1S/C66H48N2Si2/c1-7-24-51(25-8-1)69(52-26-9-2-10-27-52,53-28-11-3-12-29-53)57-45-42-49(43-46-57)67-61-38-21-19-36-58(61)59-47-44-50(48-64(59)67)68-62-39-22-20-37-60(62)66-63(68)40-23-41-65(66)70(54-30-13-4-14-31-54,55-32-15-5-16-33-55)56-34-17-6-18-35-56/h1-48H. The Morgan fingerprint density at radius 3 is 1.04 bits per heavy atom. The Balaban J connectivity index is 1.04. The van der Waals surface area contributed by atoms with Crippen LogP contribution in [0.2, 0.25) is 0 Å². The molecule has 2 nitrogen and oxygen atoms in total. The van der Waals surface area contributed by atoms with Crippen molar-refractivity contribution in [3.8, 4) is 11.4 Å². The first-order valence-corrected chi connectivity index (χ1v) is 28.3. The van der Waals surface area contributed by atoms with Gasteiger partial charge >= 0.3 is 0 Å². The third-order valence-corrected chi connectivity index (χ3v) is 24.4. The molecule has 2 aromatic heterocycles. The topological polar surface area (TPSA) is 9.86 Å². The zero-order chi connectivity index (χ0) is 46.5. The molecule has 0 saturated heterocycles. The second-order valence-electron chi connectivity index (χ2n) is 18.3. The third kappa shape index (κ3) is 6.38. The first kappa shape index (κ1) is 41.6. The number of rotatable bonds is 10. The fraction of sp³-hybridized carbons (Fsp3) is 0. The van der Waals surface area contributed by atoms with Crippen molar-refractivity contribution in [2.75, 3.05) is 0 Å². The average Bonchev–Trinajstić information content (AvgIpc) is 3.96. The Morgan fingerprint density at radius 1 is 0.214 bits per heavy atom.